The molecule has 0 aliphatic carbocycles. The van der Waals surface area contributed by atoms with Gasteiger partial charge in [0.1, 0.15) is 0 Å². The van der Waals surface area contributed by atoms with Crippen LogP contribution in [0.5, 0.6) is 0 Å². The molecule has 0 heterocycles. The molecule has 8 heteroatoms. The van der Waals surface area contributed by atoms with Crippen LogP contribution in [-0.2, 0) is 10.2 Å². The van der Waals surface area contributed by atoms with Crippen LogP contribution in [0.1, 0.15) is 24.2 Å². The quantitative estimate of drug-likeness (QED) is 0.871. The molecule has 0 spiro atoms. The Morgan fingerprint density at radius 3 is 2.42 bits per heavy atom. The maximum atomic E-state index is 11.9. The summed E-state index contributed by atoms with van der Waals surface area (Å²) in [7, 11) is -2.24. The Hall–Kier alpha value is -1.31. The number of anilines is 1. The van der Waals surface area contributed by atoms with Crippen LogP contribution in [0.2, 0.25) is 5.02 Å². The van der Waals surface area contributed by atoms with Crippen molar-refractivity contribution in [2.24, 2.45) is 0 Å². The van der Waals surface area contributed by atoms with Gasteiger partial charge in [-0.15, -0.1) is 0 Å². The maximum Gasteiger partial charge on any atom is 0.337 e. The van der Waals surface area contributed by atoms with Crippen LogP contribution < -0.4 is 4.72 Å². The largest absolute Gasteiger partial charge is 0.478 e. The smallest absolute Gasteiger partial charge is 0.337 e. The number of carbonyl (C=O) groups is 1. The molecule has 0 unspecified atom stereocenters. The molecule has 0 radical (unpaired) electrons. The molecule has 2 N–H and O–H groups in total. The molecule has 0 atom stereocenters. The third kappa shape index (κ3) is 3.82. The van der Waals surface area contributed by atoms with Crippen LogP contribution in [0, 0.1) is 0 Å². The van der Waals surface area contributed by atoms with Crippen LogP contribution in [-0.4, -0.2) is 36.9 Å². The molecule has 106 valence electrons. The predicted molar refractivity (Wildman–Crippen MR) is 73.9 cm³/mol. The molecule has 1 rings (SSSR count). The van der Waals surface area contributed by atoms with Gasteiger partial charge in [0.05, 0.1) is 16.3 Å². The van der Waals surface area contributed by atoms with Crippen LogP contribution in [0.3, 0.4) is 0 Å². The summed E-state index contributed by atoms with van der Waals surface area (Å²) in [6, 6.07) is 3.65. The van der Waals surface area contributed by atoms with Gasteiger partial charge in [0.15, 0.2) is 0 Å². The van der Waals surface area contributed by atoms with E-state index in [1.807, 2.05) is 0 Å². The van der Waals surface area contributed by atoms with Crippen molar-refractivity contribution in [3.8, 4) is 0 Å². The van der Waals surface area contributed by atoms with Crippen molar-refractivity contribution >= 4 is 33.5 Å². The van der Waals surface area contributed by atoms with Gasteiger partial charge in [-0.3, -0.25) is 4.72 Å². The van der Waals surface area contributed by atoms with Crippen LogP contribution in [0.15, 0.2) is 18.2 Å². The fourth-order valence-electron chi connectivity index (χ4n) is 1.25. The molecule has 0 aliphatic rings. The summed E-state index contributed by atoms with van der Waals surface area (Å²) in [5.74, 6) is -1.17. The van der Waals surface area contributed by atoms with E-state index in [4.69, 9.17) is 16.7 Å². The predicted octanol–water partition coefficient (Wildman–Crippen LogP) is 2.04. The minimum absolute atomic E-state index is 0.0279. The Kier molecular flexibility index (Phi) is 4.78. The third-order valence-electron chi connectivity index (χ3n) is 2.55. The van der Waals surface area contributed by atoms with Crippen LogP contribution in [0.4, 0.5) is 5.69 Å². The zero-order valence-corrected chi connectivity index (χ0v) is 12.3. The molecule has 1 aromatic rings. The summed E-state index contributed by atoms with van der Waals surface area (Å²) in [5.41, 5.74) is 0.129. The van der Waals surface area contributed by atoms with E-state index in [2.05, 4.69) is 4.72 Å². The number of carboxylic acids is 1. The van der Waals surface area contributed by atoms with Crippen molar-refractivity contribution in [2.75, 3.05) is 11.8 Å². The Morgan fingerprint density at radius 2 is 2.00 bits per heavy atom. The van der Waals surface area contributed by atoms with Gasteiger partial charge in [0, 0.05) is 13.1 Å². The molecule has 0 bridgehead atoms. The van der Waals surface area contributed by atoms with E-state index in [1.54, 1.807) is 13.8 Å². The zero-order chi connectivity index (χ0) is 14.8. The Labute approximate surface area is 117 Å². The minimum Gasteiger partial charge on any atom is -0.478 e. The standard InChI is InChI=1S/C11H15ClN2O4S/c1-7(2)14(3)19(17,18)13-8-4-5-9(11(15)16)10(12)6-8/h4-7,13H,1-3H3,(H,15,16). The first-order valence-corrected chi connectivity index (χ1v) is 7.25. The van der Waals surface area contributed by atoms with E-state index in [-0.39, 0.29) is 22.3 Å². The minimum atomic E-state index is -3.69. The van der Waals surface area contributed by atoms with E-state index in [9.17, 15) is 13.2 Å². The maximum absolute atomic E-state index is 11.9. The Morgan fingerprint density at radius 1 is 1.42 bits per heavy atom. The lowest BCUT2D eigenvalue weighted by atomic mass is 10.2. The lowest BCUT2D eigenvalue weighted by Gasteiger charge is -2.21. The van der Waals surface area contributed by atoms with Crippen molar-refractivity contribution in [1.82, 2.24) is 4.31 Å². The summed E-state index contributed by atoms with van der Waals surface area (Å²) in [5, 5.41) is 8.79. The number of halogens is 1. The molecule has 0 saturated carbocycles. The second-order valence-electron chi connectivity index (χ2n) is 4.22. The lowest BCUT2D eigenvalue weighted by Crippen LogP contribution is -2.37. The van der Waals surface area contributed by atoms with E-state index < -0.39 is 16.2 Å². The number of hydrogen-bond donors (Lipinski definition) is 2. The SMILES string of the molecule is CC(C)N(C)S(=O)(=O)Nc1ccc(C(=O)O)c(Cl)c1. The lowest BCUT2D eigenvalue weighted by molar-refractivity contribution is 0.0697. The van der Waals surface area contributed by atoms with E-state index in [1.165, 1.54) is 25.2 Å². The first-order chi connectivity index (χ1) is 8.65. The molecule has 6 nitrogen and oxygen atoms in total. The van der Waals surface area contributed by atoms with Crippen molar-refractivity contribution in [1.29, 1.82) is 0 Å². The van der Waals surface area contributed by atoms with Crippen LogP contribution in [0.25, 0.3) is 0 Å². The summed E-state index contributed by atoms with van der Waals surface area (Å²) in [6.07, 6.45) is 0. The average Bonchev–Trinajstić information content (AvgIpc) is 2.26. The van der Waals surface area contributed by atoms with Gasteiger partial charge in [-0.05, 0) is 32.0 Å². The third-order valence-corrected chi connectivity index (χ3v) is 4.54. The van der Waals surface area contributed by atoms with E-state index in [0.29, 0.717) is 0 Å². The van der Waals surface area contributed by atoms with Crippen molar-refractivity contribution in [3.05, 3.63) is 28.8 Å². The average molecular weight is 307 g/mol. The second-order valence-corrected chi connectivity index (χ2v) is 6.35. The highest BCUT2D eigenvalue weighted by atomic mass is 35.5. The zero-order valence-electron chi connectivity index (χ0n) is 10.7. The van der Waals surface area contributed by atoms with Crippen LogP contribution >= 0.6 is 11.6 Å². The Bertz CT molecular complexity index is 586. The number of carboxylic acid groups (broad SMARTS) is 1. The van der Waals surface area contributed by atoms with Gasteiger partial charge in [0.2, 0.25) is 0 Å². The number of rotatable bonds is 5. The summed E-state index contributed by atoms with van der Waals surface area (Å²) < 4.78 is 27.3. The normalized spacial score (nSPS) is 11.9. The molecule has 0 saturated heterocycles. The Balaban J connectivity index is 3.02. The van der Waals surface area contributed by atoms with Gasteiger partial charge in [-0.25, -0.2) is 4.79 Å². The van der Waals surface area contributed by atoms with E-state index in [0.717, 1.165) is 4.31 Å². The fraction of sp³-hybridized carbons (Fsp3) is 0.364. The first-order valence-electron chi connectivity index (χ1n) is 5.43. The first kappa shape index (κ1) is 15.7. The molecule has 0 aliphatic heterocycles. The van der Waals surface area contributed by atoms with Gasteiger partial charge < -0.3 is 5.11 Å². The number of nitrogens with one attached hydrogen (secondary N) is 1. The highest BCUT2D eigenvalue weighted by Gasteiger charge is 2.20. The molecule has 1 aromatic carbocycles. The molecule has 0 fully saturated rings. The number of nitrogens with zero attached hydrogens (tertiary/aromatic N) is 1. The summed E-state index contributed by atoms with van der Waals surface area (Å²) in [6.45, 7) is 3.47. The van der Waals surface area contributed by atoms with Crippen molar-refractivity contribution < 1.29 is 18.3 Å². The monoisotopic (exact) mass is 306 g/mol. The van der Waals surface area contributed by atoms with Crippen molar-refractivity contribution in [2.45, 2.75) is 19.9 Å². The fourth-order valence-corrected chi connectivity index (χ4v) is 2.64. The molecule has 0 amide bonds. The summed E-state index contributed by atoms with van der Waals surface area (Å²) in [4.78, 5) is 10.8. The second kappa shape index (κ2) is 5.77. The van der Waals surface area contributed by atoms with Gasteiger partial charge in [-0.2, -0.15) is 12.7 Å². The van der Waals surface area contributed by atoms with Gasteiger partial charge in [0.25, 0.3) is 0 Å². The number of benzene rings is 1. The van der Waals surface area contributed by atoms with Gasteiger partial charge in [-0.1, -0.05) is 11.6 Å². The topological polar surface area (TPSA) is 86.7 Å². The van der Waals surface area contributed by atoms with E-state index >= 15 is 0 Å². The molecule has 0 aromatic heterocycles. The molecular formula is C11H15ClN2O4S. The number of hydrogen-bond acceptors (Lipinski definition) is 3. The van der Waals surface area contributed by atoms with Gasteiger partial charge >= 0.3 is 16.2 Å². The summed E-state index contributed by atoms with van der Waals surface area (Å²) >= 11 is 5.77. The highest BCUT2D eigenvalue weighted by molar-refractivity contribution is 7.90. The number of aromatic carboxylic acids is 1. The molecule has 19 heavy (non-hydrogen) atoms. The highest BCUT2D eigenvalue weighted by Crippen LogP contribution is 2.22. The van der Waals surface area contributed by atoms with Crippen molar-refractivity contribution in [3.63, 3.8) is 0 Å². The molecular weight excluding hydrogens is 292 g/mol.